The third-order valence-corrected chi connectivity index (χ3v) is 2.34. The Morgan fingerprint density at radius 2 is 2.16 bits per heavy atom. The maximum Gasteiger partial charge on any atom is 0.408 e. The number of carbonyl (C=O) groups excluding carboxylic acids is 1. The molecule has 19 heavy (non-hydrogen) atoms. The number of hydrogen-bond donors (Lipinski definition) is 1. The van der Waals surface area contributed by atoms with E-state index in [0.717, 1.165) is 6.07 Å². The Labute approximate surface area is 117 Å². The van der Waals surface area contributed by atoms with Crippen molar-refractivity contribution < 1.29 is 13.9 Å². The lowest BCUT2D eigenvalue weighted by molar-refractivity contribution is 0.0515. The first-order valence-corrected chi connectivity index (χ1v) is 6.01. The summed E-state index contributed by atoms with van der Waals surface area (Å²) in [6.45, 7) is 5.17. The van der Waals surface area contributed by atoms with Gasteiger partial charge in [-0.05, 0) is 32.9 Å². The van der Waals surface area contributed by atoms with Crippen LogP contribution in [-0.4, -0.2) is 11.7 Å². The second kappa shape index (κ2) is 5.94. The highest BCUT2D eigenvalue weighted by Gasteiger charge is 2.21. The van der Waals surface area contributed by atoms with Crippen LogP contribution in [0.2, 0.25) is 5.02 Å². The zero-order chi connectivity index (χ0) is 14.6. The predicted molar refractivity (Wildman–Crippen MR) is 72.4 cm³/mol. The van der Waals surface area contributed by atoms with E-state index in [1.807, 2.05) is 0 Å². The van der Waals surface area contributed by atoms with Crippen molar-refractivity contribution in [3.05, 3.63) is 34.6 Å². The molecular weight excluding hydrogens is 269 g/mol. The van der Waals surface area contributed by atoms with E-state index in [2.05, 4.69) is 11.2 Å². The number of terminal acetylenes is 1. The molecule has 1 rings (SSSR count). The maximum atomic E-state index is 13.7. The van der Waals surface area contributed by atoms with Gasteiger partial charge in [0.2, 0.25) is 0 Å². The van der Waals surface area contributed by atoms with Crippen molar-refractivity contribution in [2.24, 2.45) is 0 Å². The van der Waals surface area contributed by atoms with Gasteiger partial charge in [0, 0.05) is 10.6 Å². The van der Waals surface area contributed by atoms with E-state index in [4.69, 9.17) is 22.8 Å². The summed E-state index contributed by atoms with van der Waals surface area (Å²) < 4.78 is 18.8. The molecule has 1 unspecified atom stereocenters. The van der Waals surface area contributed by atoms with Gasteiger partial charge in [-0.3, -0.25) is 0 Å². The van der Waals surface area contributed by atoms with Crippen molar-refractivity contribution in [2.45, 2.75) is 32.4 Å². The second-order valence-electron chi connectivity index (χ2n) is 4.91. The summed E-state index contributed by atoms with van der Waals surface area (Å²) in [5.74, 6) is 1.72. The first-order valence-electron chi connectivity index (χ1n) is 5.63. The zero-order valence-electron chi connectivity index (χ0n) is 11.0. The molecule has 102 valence electrons. The number of alkyl carbamates (subject to hydrolysis) is 1. The molecule has 0 radical (unpaired) electrons. The van der Waals surface area contributed by atoms with Gasteiger partial charge >= 0.3 is 6.09 Å². The first-order chi connectivity index (χ1) is 8.73. The molecule has 0 heterocycles. The SMILES string of the molecule is C#CC(NC(=O)OC(C)(C)C)c1ccc(Cl)cc1F. The maximum absolute atomic E-state index is 13.7. The average Bonchev–Trinajstić information content (AvgIpc) is 2.24. The number of benzene rings is 1. The Hall–Kier alpha value is -1.73. The van der Waals surface area contributed by atoms with Crippen molar-refractivity contribution in [3.63, 3.8) is 0 Å². The first kappa shape index (κ1) is 15.3. The van der Waals surface area contributed by atoms with E-state index in [-0.39, 0.29) is 10.6 Å². The highest BCUT2D eigenvalue weighted by Crippen LogP contribution is 2.21. The second-order valence-corrected chi connectivity index (χ2v) is 5.35. The topological polar surface area (TPSA) is 38.3 Å². The normalized spacial score (nSPS) is 12.4. The molecule has 0 saturated heterocycles. The number of ether oxygens (including phenoxy) is 1. The summed E-state index contributed by atoms with van der Waals surface area (Å²) in [7, 11) is 0. The highest BCUT2D eigenvalue weighted by atomic mass is 35.5. The van der Waals surface area contributed by atoms with Gasteiger partial charge in [0.05, 0.1) is 0 Å². The highest BCUT2D eigenvalue weighted by molar-refractivity contribution is 6.30. The quantitative estimate of drug-likeness (QED) is 0.841. The Morgan fingerprint density at radius 3 is 2.63 bits per heavy atom. The molecule has 0 aromatic heterocycles. The van der Waals surface area contributed by atoms with Crippen LogP contribution in [0.5, 0.6) is 0 Å². The fourth-order valence-electron chi connectivity index (χ4n) is 1.37. The summed E-state index contributed by atoms with van der Waals surface area (Å²) in [6, 6.07) is 3.16. The fourth-order valence-corrected chi connectivity index (χ4v) is 1.53. The van der Waals surface area contributed by atoms with Gasteiger partial charge in [0.25, 0.3) is 0 Å². The lowest BCUT2D eigenvalue weighted by Gasteiger charge is -2.22. The molecule has 1 atom stereocenters. The zero-order valence-corrected chi connectivity index (χ0v) is 11.7. The summed E-state index contributed by atoms with van der Waals surface area (Å²) in [5, 5.41) is 2.68. The van der Waals surface area contributed by atoms with E-state index in [1.54, 1.807) is 20.8 Å². The molecule has 3 nitrogen and oxygen atoms in total. The number of amides is 1. The number of carbonyl (C=O) groups is 1. The molecule has 1 amide bonds. The van der Waals surface area contributed by atoms with E-state index in [1.165, 1.54) is 12.1 Å². The molecular formula is C14H15ClFNO2. The minimum Gasteiger partial charge on any atom is -0.444 e. The largest absolute Gasteiger partial charge is 0.444 e. The monoisotopic (exact) mass is 283 g/mol. The molecule has 0 aliphatic heterocycles. The number of nitrogens with one attached hydrogen (secondary N) is 1. The van der Waals surface area contributed by atoms with Crippen LogP contribution in [0.1, 0.15) is 32.4 Å². The van der Waals surface area contributed by atoms with Gasteiger partial charge in [-0.25, -0.2) is 9.18 Å². The minimum atomic E-state index is -0.910. The van der Waals surface area contributed by atoms with Gasteiger partial charge in [-0.15, -0.1) is 6.42 Å². The number of rotatable bonds is 2. The third kappa shape index (κ3) is 4.80. The van der Waals surface area contributed by atoms with E-state index >= 15 is 0 Å². The molecule has 0 aliphatic carbocycles. The van der Waals surface area contributed by atoms with Crippen LogP contribution in [0.3, 0.4) is 0 Å². The number of hydrogen-bond acceptors (Lipinski definition) is 2. The molecule has 1 N–H and O–H groups in total. The van der Waals surface area contributed by atoms with Crippen molar-refractivity contribution in [1.82, 2.24) is 5.32 Å². The summed E-state index contributed by atoms with van der Waals surface area (Å²) in [5.41, 5.74) is -0.486. The van der Waals surface area contributed by atoms with Crippen LogP contribution in [0, 0.1) is 18.2 Å². The van der Waals surface area contributed by atoms with Crippen LogP contribution >= 0.6 is 11.6 Å². The van der Waals surface area contributed by atoms with Gasteiger partial charge in [0.15, 0.2) is 0 Å². The number of halogens is 2. The standard InChI is InChI=1S/C14H15ClFNO2/c1-5-12(17-13(18)19-14(2,3)4)10-7-6-9(15)8-11(10)16/h1,6-8,12H,2-4H3,(H,17,18). The van der Waals surface area contributed by atoms with Gasteiger partial charge in [0.1, 0.15) is 17.5 Å². The predicted octanol–water partition coefficient (Wildman–Crippen LogP) is 3.68. The van der Waals surface area contributed by atoms with Crippen LogP contribution in [0.4, 0.5) is 9.18 Å². The lowest BCUT2D eigenvalue weighted by Crippen LogP contribution is -2.34. The Kier molecular flexibility index (Phi) is 4.79. The molecule has 0 aliphatic rings. The molecule has 0 spiro atoms. The third-order valence-electron chi connectivity index (χ3n) is 2.10. The fraction of sp³-hybridized carbons (Fsp3) is 0.357. The van der Waals surface area contributed by atoms with Crippen LogP contribution < -0.4 is 5.32 Å². The molecule has 0 fully saturated rings. The molecule has 1 aromatic carbocycles. The van der Waals surface area contributed by atoms with E-state index in [0.29, 0.717) is 0 Å². The van der Waals surface area contributed by atoms with Gasteiger partial charge < -0.3 is 10.1 Å². The van der Waals surface area contributed by atoms with Gasteiger partial charge in [-0.1, -0.05) is 23.6 Å². The summed E-state index contributed by atoms with van der Waals surface area (Å²) >= 11 is 5.65. The van der Waals surface area contributed by atoms with Crippen LogP contribution in [0.25, 0.3) is 0 Å². The molecule has 1 aromatic rings. The summed E-state index contributed by atoms with van der Waals surface area (Å²) in [4.78, 5) is 11.6. The van der Waals surface area contributed by atoms with Crippen molar-refractivity contribution in [3.8, 4) is 12.3 Å². The smallest absolute Gasteiger partial charge is 0.408 e. The summed E-state index contributed by atoms with van der Waals surface area (Å²) in [6.07, 6.45) is 4.60. The average molecular weight is 284 g/mol. The molecule has 5 heteroatoms. The van der Waals surface area contributed by atoms with Crippen molar-refractivity contribution >= 4 is 17.7 Å². The van der Waals surface area contributed by atoms with Crippen molar-refractivity contribution in [2.75, 3.05) is 0 Å². The lowest BCUT2D eigenvalue weighted by atomic mass is 10.1. The molecule has 0 bridgehead atoms. The Balaban J connectivity index is 2.85. The van der Waals surface area contributed by atoms with E-state index in [9.17, 15) is 9.18 Å². The van der Waals surface area contributed by atoms with Crippen LogP contribution in [-0.2, 0) is 4.74 Å². The van der Waals surface area contributed by atoms with E-state index < -0.39 is 23.6 Å². The Bertz CT molecular complexity index is 517. The van der Waals surface area contributed by atoms with Crippen LogP contribution in [0.15, 0.2) is 18.2 Å². The minimum absolute atomic E-state index is 0.165. The Morgan fingerprint density at radius 1 is 1.53 bits per heavy atom. The van der Waals surface area contributed by atoms with Crippen molar-refractivity contribution in [1.29, 1.82) is 0 Å². The van der Waals surface area contributed by atoms with Gasteiger partial charge in [-0.2, -0.15) is 0 Å². The molecule has 0 saturated carbocycles.